The number of hydrogen-bond donors (Lipinski definition) is 1. The van der Waals surface area contributed by atoms with Gasteiger partial charge < -0.3 is 9.73 Å². The minimum atomic E-state index is -0.526. The van der Waals surface area contributed by atoms with Crippen molar-refractivity contribution < 1.29 is 9.34 Å². The van der Waals surface area contributed by atoms with E-state index in [0.29, 0.717) is 5.76 Å². The molecule has 2 heterocycles. The number of furan rings is 1. The summed E-state index contributed by atoms with van der Waals surface area (Å²) >= 11 is 1.65. The number of thiophene rings is 1. The first kappa shape index (κ1) is 12.8. The number of rotatable bonds is 4. The van der Waals surface area contributed by atoms with Crippen LogP contribution in [0.15, 0.2) is 46.2 Å². The molecule has 6 heteroatoms. The average molecular weight is 288 g/mol. The van der Waals surface area contributed by atoms with Gasteiger partial charge in [0.1, 0.15) is 10.7 Å². The molecule has 20 heavy (non-hydrogen) atoms. The zero-order valence-electron chi connectivity index (χ0n) is 10.7. The highest BCUT2D eigenvalue weighted by molar-refractivity contribution is 7.17. The van der Waals surface area contributed by atoms with Gasteiger partial charge in [0.25, 0.3) is 0 Å². The largest absolute Gasteiger partial charge is 0.433 e. The van der Waals surface area contributed by atoms with Crippen LogP contribution in [0.5, 0.6) is 0 Å². The van der Waals surface area contributed by atoms with E-state index in [2.05, 4.69) is 16.8 Å². The van der Waals surface area contributed by atoms with Crippen LogP contribution in [0.3, 0.4) is 0 Å². The van der Waals surface area contributed by atoms with Gasteiger partial charge in [0.15, 0.2) is 0 Å². The van der Waals surface area contributed by atoms with Crippen molar-refractivity contribution in [1.82, 2.24) is 5.32 Å². The Bertz CT molecular complexity index is 762. The van der Waals surface area contributed by atoms with Crippen LogP contribution in [0, 0.1) is 10.1 Å². The Balaban J connectivity index is 2.06. The first-order chi connectivity index (χ1) is 9.70. The van der Waals surface area contributed by atoms with Crippen molar-refractivity contribution in [3.63, 3.8) is 0 Å². The Kier molecular flexibility index (Phi) is 3.25. The van der Waals surface area contributed by atoms with Crippen molar-refractivity contribution in [3.8, 4) is 0 Å². The van der Waals surface area contributed by atoms with Gasteiger partial charge in [-0.3, -0.25) is 10.1 Å². The third-order valence-electron chi connectivity index (χ3n) is 3.19. The highest BCUT2D eigenvalue weighted by atomic mass is 32.1. The fraction of sp³-hybridized carbons (Fsp3) is 0.143. The Labute approximate surface area is 119 Å². The van der Waals surface area contributed by atoms with Crippen LogP contribution in [0.2, 0.25) is 0 Å². The summed E-state index contributed by atoms with van der Waals surface area (Å²) in [6.07, 6.45) is 0. The van der Waals surface area contributed by atoms with E-state index in [1.54, 1.807) is 17.4 Å². The quantitative estimate of drug-likeness (QED) is 0.587. The fourth-order valence-corrected chi connectivity index (χ4v) is 3.26. The predicted molar refractivity (Wildman–Crippen MR) is 78.1 cm³/mol. The average Bonchev–Trinajstić information content (AvgIpc) is 3.08. The maximum absolute atomic E-state index is 10.7. The lowest BCUT2D eigenvalue weighted by Crippen LogP contribution is -2.16. The highest BCUT2D eigenvalue weighted by Gasteiger charge is 2.22. The summed E-state index contributed by atoms with van der Waals surface area (Å²) < 4.78 is 6.50. The zero-order chi connectivity index (χ0) is 14.1. The number of nitrogens with one attached hydrogen (secondary N) is 1. The molecule has 1 aromatic carbocycles. The minimum absolute atomic E-state index is 0.195. The summed E-state index contributed by atoms with van der Waals surface area (Å²) in [5.74, 6) is 0.308. The SMILES string of the molecule is CNC(c1ccc([N+](=O)[O-])o1)c1csc2ccccc12. The lowest BCUT2D eigenvalue weighted by atomic mass is 10.0. The topological polar surface area (TPSA) is 68.3 Å². The molecule has 0 aliphatic rings. The van der Waals surface area contributed by atoms with Crippen LogP contribution in [0.25, 0.3) is 10.1 Å². The second-order valence-electron chi connectivity index (χ2n) is 4.34. The van der Waals surface area contributed by atoms with Crippen molar-refractivity contribution in [2.45, 2.75) is 6.04 Å². The Morgan fingerprint density at radius 3 is 2.80 bits per heavy atom. The number of benzene rings is 1. The summed E-state index contributed by atoms with van der Waals surface area (Å²) in [5, 5.41) is 17.1. The van der Waals surface area contributed by atoms with Gasteiger partial charge in [-0.15, -0.1) is 11.3 Å². The standard InChI is InChI=1S/C14H12N2O3S/c1-15-14(11-6-7-13(19-11)16(17)18)10-8-20-12-5-3-2-4-9(10)12/h2-8,14-15H,1H3. The normalized spacial score (nSPS) is 12.7. The van der Waals surface area contributed by atoms with Crippen LogP contribution in [-0.2, 0) is 0 Å². The Morgan fingerprint density at radius 1 is 1.30 bits per heavy atom. The molecule has 0 amide bonds. The van der Waals surface area contributed by atoms with Gasteiger partial charge in [0.05, 0.1) is 12.1 Å². The summed E-state index contributed by atoms with van der Waals surface area (Å²) in [4.78, 5) is 10.2. The predicted octanol–water partition coefficient (Wildman–Crippen LogP) is 3.71. The lowest BCUT2D eigenvalue weighted by Gasteiger charge is -2.12. The molecule has 0 fully saturated rings. The molecule has 0 bridgehead atoms. The van der Waals surface area contributed by atoms with Gasteiger partial charge in [-0.2, -0.15) is 0 Å². The van der Waals surface area contributed by atoms with Gasteiger partial charge in [0.2, 0.25) is 0 Å². The molecular formula is C14H12N2O3S. The number of hydrogen-bond acceptors (Lipinski definition) is 5. The molecule has 0 spiro atoms. The van der Waals surface area contributed by atoms with E-state index in [1.165, 1.54) is 10.8 Å². The minimum Gasteiger partial charge on any atom is -0.404 e. The number of fused-ring (bicyclic) bond motifs is 1. The van der Waals surface area contributed by atoms with E-state index in [1.807, 2.05) is 25.2 Å². The maximum atomic E-state index is 10.7. The molecule has 102 valence electrons. The second-order valence-corrected chi connectivity index (χ2v) is 5.25. The molecule has 1 N–H and O–H groups in total. The molecule has 0 radical (unpaired) electrons. The molecule has 0 saturated carbocycles. The second kappa shape index (κ2) is 5.07. The fourth-order valence-electron chi connectivity index (χ4n) is 2.27. The summed E-state index contributed by atoms with van der Waals surface area (Å²) in [6.45, 7) is 0. The van der Waals surface area contributed by atoms with Gasteiger partial charge in [-0.25, -0.2) is 0 Å². The van der Waals surface area contributed by atoms with Gasteiger partial charge in [-0.1, -0.05) is 18.2 Å². The van der Waals surface area contributed by atoms with E-state index >= 15 is 0 Å². The smallest absolute Gasteiger partial charge is 0.404 e. The van der Waals surface area contributed by atoms with E-state index in [-0.39, 0.29) is 11.9 Å². The molecule has 2 aromatic heterocycles. The summed E-state index contributed by atoms with van der Waals surface area (Å²) in [6, 6.07) is 10.9. The van der Waals surface area contributed by atoms with E-state index in [9.17, 15) is 10.1 Å². The van der Waals surface area contributed by atoms with Crippen LogP contribution in [0.4, 0.5) is 5.88 Å². The summed E-state index contributed by atoms with van der Waals surface area (Å²) in [5.41, 5.74) is 1.07. The van der Waals surface area contributed by atoms with Crippen molar-refractivity contribution in [1.29, 1.82) is 0 Å². The Hall–Kier alpha value is -2.18. The van der Waals surface area contributed by atoms with Crippen LogP contribution >= 0.6 is 11.3 Å². The van der Waals surface area contributed by atoms with E-state index in [0.717, 1.165) is 10.9 Å². The van der Waals surface area contributed by atoms with E-state index < -0.39 is 4.92 Å². The van der Waals surface area contributed by atoms with Crippen molar-refractivity contribution in [3.05, 3.63) is 63.2 Å². The molecular weight excluding hydrogens is 276 g/mol. The molecule has 0 saturated heterocycles. The molecule has 0 aliphatic heterocycles. The molecule has 1 unspecified atom stereocenters. The van der Waals surface area contributed by atoms with Crippen molar-refractivity contribution in [2.24, 2.45) is 0 Å². The first-order valence-corrected chi connectivity index (χ1v) is 6.96. The zero-order valence-corrected chi connectivity index (χ0v) is 11.5. The third-order valence-corrected chi connectivity index (χ3v) is 4.17. The molecule has 3 rings (SSSR count). The van der Waals surface area contributed by atoms with Crippen LogP contribution in [-0.4, -0.2) is 12.0 Å². The van der Waals surface area contributed by atoms with Crippen molar-refractivity contribution in [2.75, 3.05) is 7.05 Å². The molecule has 5 nitrogen and oxygen atoms in total. The van der Waals surface area contributed by atoms with Crippen LogP contribution < -0.4 is 5.32 Å². The highest BCUT2D eigenvalue weighted by Crippen LogP contribution is 2.34. The molecule has 0 aliphatic carbocycles. The summed E-state index contributed by atoms with van der Waals surface area (Å²) in [7, 11) is 1.81. The van der Waals surface area contributed by atoms with Gasteiger partial charge in [-0.05, 0) is 35.5 Å². The number of nitrogens with zero attached hydrogens (tertiary/aromatic N) is 1. The third kappa shape index (κ3) is 2.09. The lowest BCUT2D eigenvalue weighted by molar-refractivity contribution is -0.402. The monoisotopic (exact) mass is 288 g/mol. The first-order valence-electron chi connectivity index (χ1n) is 6.08. The van der Waals surface area contributed by atoms with Crippen molar-refractivity contribution >= 4 is 27.3 Å². The van der Waals surface area contributed by atoms with E-state index in [4.69, 9.17) is 4.42 Å². The number of nitro groups is 1. The molecule has 1 atom stereocenters. The maximum Gasteiger partial charge on any atom is 0.433 e. The van der Waals surface area contributed by atoms with Gasteiger partial charge in [0, 0.05) is 4.70 Å². The Morgan fingerprint density at radius 2 is 2.10 bits per heavy atom. The van der Waals surface area contributed by atoms with Crippen LogP contribution in [0.1, 0.15) is 17.4 Å². The molecule has 3 aromatic rings. The van der Waals surface area contributed by atoms with Gasteiger partial charge >= 0.3 is 5.88 Å².